The van der Waals surface area contributed by atoms with Crippen LogP contribution in [0.15, 0.2) is 18.2 Å². The van der Waals surface area contributed by atoms with E-state index in [1.807, 2.05) is 37.1 Å². The highest BCUT2D eigenvalue weighted by molar-refractivity contribution is 6.32. The third-order valence-corrected chi connectivity index (χ3v) is 2.79. The van der Waals surface area contributed by atoms with E-state index in [0.717, 1.165) is 5.56 Å². The SMILES string of the molecule is COc1ccc(CN(C)C(C)C#N)cc1Cl. The zero-order valence-electron chi connectivity index (χ0n) is 9.70. The molecule has 1 unspecified atom stereocenters. The molecule has 0 heterocycles. The summed E-state index contributed by atoms with van der Waals surface area (Å²) in [6.07, 6.45) is 0. The fraction of sp³-hybridized carbons (Fsp3) is 0.417. The summed E-state index contributed by atoms with van der Waals surface area (Å²) in [5.74, 6) is 0.668. The van der Waals surface area contributed by atoms with Gasteiger partial charge in [0.1, 0.15) is 5.75 Å². The highest BCUT2D eigenvalue weighted by atomic mass is 35.5. The molecule has 0 radical (unpaired) electrons. The van der Waals surface area contributed by atoms with Crippen molar-refractivity contribution >= 4 is 11.6 Å². The Morgan fingerprint density at radius 3 is 2.75 bits per heavy atom. The number of halogens is 1. The second kappa shape index (κ2) is 5.74. The van der Waals surface area contributed by atoms with E-state index in [4.69, 9.17) is 21.6 Å². The topological polar surface area (TPSA) is 36.3 Å². The summed E-state index contributed by atoms with van der Waals surface area (Å²) in [5, 5.41) is 9.38. The first-order valence-electron chi connectivity index (χ1n) is 5.00. The van der Waals surface area contributed by atoms with Crippen LogP contribution in [-0.2, 0) is 6.54 Å². The Balaban J connectivity index is 2.76. The molecule has 1 aromatic carbocycles. The molecular weight excluding hydrogens is 224 g/mol. The van der Waals surface area contributed by atoms with Gasteiger partial charge < -0.3 is 4.74 Å². The molecule has 0 bridgehead atoms. The Hall–Kier alpha value is -1.24. The van der Waals surface area contributed by atoms with Crippen LogP contribution in [0.25, 0.3) is 0 Å². The van der Waals surface area contributed by atoms with Gasteiger partial charge in [-0.2, -0.15) is 5.26 Å². The van der Waals surface area contributed by atoms with E-state index in [9.17, 15) is 0 Å². The van der Waals surface area contributed by atoms with Gasteiger partial charge in [0.2, 0.25) is 0 Å². The van der Waals surface area contributed by atoms with Gasteiger partial charge >= 0.3 is 0 Å². The number of benzene rings is 1. The smallest absolute Gasteiger partial charge is 0.137 e. The molecule has 0 fully saturated rings. The fourth-order valence-electron chi connectivity index (χ4n) is 1.33. The molecule has 0 aliphatic carbocycles. The summed E-state index contributed by atoms with van der Waals surface area (Å²) < 4.78 is 5.08. The van der Waals surface area contributed by atoms with Crippen LogP contribution in [0.3, 0.4) is 0 Å². The zero-order chi connectivity index (χ0) is 12.1. The lowest BCUT2D eigenvalue weighted by atomic mass is 10.2. The maximum absolute atomic E-state index is 8.78. The van der Waals surface area contributed by atoms with Crippen molar-refractivity contribution < 1.29 is 4.74 Å². The first-order chi connectivity index (χ1) is 7.58. The molecule has 3 nitrogen and oxygen atoms in total. The number of nitriles is 1. The summed E-state index contributed by atoms with van der Waals surface area (Å²) >= 11 is 6.02. The lowest BCUT2D eigenvalue weighted by Crippen LogP contribution is -2.26. The van der Waals surface area contributed by atoms with Gasteiger partial charge in [-0.05, 0) is 31.7 Å². The second-order valence-corrected chi connectivity index (χ2v) is 4.10. The van der Waals surface area contributed by atoms with Crippen LogP contribution in [-0.4, -0.2) is 25.1 Å². The van der Waals surface area contributed by atoms with Gasteiger partial charge in [0.25, 0.3) is 0 Å². The van der Waals surface area contributed by atoms with Gasteiger partial charge in [-0.15, -0.1) is 0 Å². The Labute approximate surface area is 101 Å². The van der Waals surface area contributed by atoms with Crippen molar-refractivity contribution in [2.75, 3.05) is 14.2 Å². The minimum atomic E-state index is -0.110. The second-order valence-electron chi connectivity index (χ2n) is 3.69. The molecule has 0 aliphatic heterocycles. The lowest BCUT2D eigenvalue weighted by Gasteiger charge is -2.19. The van der Waals surface area contributed by atoms with Gasteiger partial charge in [-0.3, -0.25) is 4.90 Å². The predicted octanol–water partition coefficient (Wildman–Crippen LogP) is 2.69. The van der Waals surface area contributed by atoms with E-state index >= 15 is 0 Å². The molecule has 1 aromatic rings. The number of methoxy groups -OCH3 is 1. The van der Waals surface area contributed by atoms with Crippen LogP contribution < -0.4 is 4.74 Å². The largest absolute Gasteiger partial charge is 0.495 e. The standard InChI is InChI=1S/C12H15ClN2O/c1-9(7-14)15(2)8-10-4-5-12(16-3)11(13)6-10/h4-6,9H,8H2,1-3H3. The number of hydrogen-bond acceptors (Lipinski definition) is 3. The minimum Gasteiger partial charge on any atom is -0.495 e. The third-order valence-electron chi connectivity index (χ3n) is 2.50. The van der Waals surface area contributed by atoms with Crippen molar-refractivity contribution in [2.24, 2.45) is 0 Å². The number of nitrogens with zero attached hydrogens (tertiary/aromatic N) is 2. The van der Waals surface area contributed by atoms with E-state index < -0.39 is 0 Å². The quantitative estimate of drug-likeness (QED) is 0.809. The summed E-state index contributed by atoms with van der Waals surface area (Å²) in [6.45, 7) is 2.56. The van der Waals surface area contributed by atoms with Crippen LogP contribution in [0.5, 0.6) is 5.75 Å². The summed E-state index contributed by atoms with van der Waals surface area (Å²) in [6, 6.07) is 7.73. The van der Waals surface area contributed by atoms with Gasteiger partial charge in [-0.25, -0.2) is 0 Å². The van der Waals surface area contributed by atoms with Crippen LogP contribution in [0.1, 0.15) is 12.5 Å². The average Bonchev–Trinajstić information content (AvgIpc) is 2.28. The zero-order valence-corrected chi connectivity index (χ0v) is 10.5. The molecule has 1 atom stereocenters. The molecule has 0 saturated heterocycles. The minimum absolute atomic E-state index is 0.110. The molecule has 0 N–H and O–H groups in total. The van der Waals surface area contributed by atoms with Crippen LogP contribution >= 0.6 is 11.6 Å². The normalized spacial score (nSPS) is 12.2. The maximum Gasteiger partial charge on any atom is 0.137 e. The first-order valence-corrected chi connectivity index (χ1v) is 5.38. The van der Waals surface area contributed by atoms with E-state index in [1.54, 1.807) is 7.11 Å². The first kappa shape index (κ1) is 12.8. The van der Waals surface area contributed by atoms with Crippen molar-refractivity contribution in [3.8, 4) is 11.8 Å². The lowest BCUT2D eigenvalue weighted by molar-refractivity contribution is 0.294. The molecule has 16 heavy (non-hydrogen) atoms. The van der Waals surface area contributed by atoms with Crippen molar-refractivity contribution in [3.05, 3.63) is 28.8 Å². The molecule has 0 spiro atoms. The van der Waals surface area contributed by atoms with E-state index in [0.29, 0.717) is 17.3 Å². The van der Waals surface area contributed by atoms with Crippen LogP contribution in [0.2, 0.25) is 5.02 Å². The monoisotopic (exact) mass is 238 g/mol. The number of rotatable bonds is 4. The molecule has 0 aromatic heterocycles. The van der Waals surface area contributed by atoms with E-state index in [-0.39, 0.29) is 6.04 Å². The van der Waals surface area contributed by atoms with Gasteiger partial charge in [0.15, 0.2) is 0 Å². The Bertz CT molecular complexity index is 400. The fourth-order valence-corrected chi connectivity index (χ4v) is 1.61. The highest BCUT2D eigenvalue weighted by Crippen LogP contribution is 2.25. The summed E-state index contributed by atoms with van der Waals surface area (Å²) in [7, 11) is 3.50. The Morgan fingerprint density at radius 2 is 2.25 bits per heavy atom. The van der Waals surface area contributed by atoms with Gasteiger partial charge in [0.05, 0.1) is 24.2 Å². The Morgan fingerprint density at radius 1 is 1.56 bits per heavy atom. The summed E-state index contributed by atoms with van der Waals surface area (Å²) in [5.41, 5.74) is 1.07. The van der Waals surface area contributed by atoms with E-state index in [1.165, 1.54) is 0 Å². The highest BCUT2D eigenvalue weighted by Gasteiger charge is 2.09. The van der Waals surface area contributed by atoms with Crippen molar-refractivity contribution in [1.82, 2.24) is 4.90 Å². The molecule has 1 rings (SSSR count). The summed E-state index contributed by atoms with van der Waals surface area (Å²) in [4.78, 5) is 1.96. The van der Waals surface area contributed by atoms with Crippen molar-refractivity contribution in [2.45, 2.75) is 19.5 Å². The molecule has 86 valence electrons. The van der Waals surface area contributed by atoms with Crippen molar-refractivity contribution in [3.63, 3.8) is 0 Å². The van der Waals surface area contributed by atoms with E-state index in [2.05, 4.69) is 6.07 Å². The predicted molar refractivity (Wildman–Crippen MR) is 64.5 cm³/mol. The number of ether oxygens (including phenoxy) is 1. The third kappa shape index (κ3) is 3.13. The molecule has 0 aliphatic rings. The maximum atomic E-state index is 8.78. The molecule has 4 heteroatoms. The van der Waals surface area contributed by atoms with Gasteiger partial charge in [-0.1, -0.05) is 17.7 Å². The Kier molecular flexibility index (Phi) is 4.60. The molecule has 0 amide bonds. The number of hydrogen-bond donors (Lipinski definition) is 0. The van der Waals surface area contributed by atoms with Crippen LogP contribution in [0.4, 0.5) is 0 Å². The van der Waals surface area contributed by atoms with Crippen molar-refractivity contribution in [1.29, 1.82) is 5.26 Å². The molecular formula is C12H15ClN2O. The van der Waals surface area contributed by atoms with Gasteiger partial charge in [0, 0.05) is 6.54 Å². The average molecular weight is 239 g/mol. The van der Waals surface area contributed by atoms with Crippen LogP contribution in [0, 0.1) is 11.3 Å². The molecule has 0 saturated carbocycles.